The second-order valence-corrected chi connectivity index (χ2v) is 7.04. The molecule has 144 valence electrons. The first-order chi connectivity index (χ1) is 13.5. The van der Waals surface area contributed by atoms with Crippen LogP contribution >= 0.6 is 11.6 Å². The number of piperazine rings is 1. The van der Waals surface area contributed by atoms with Crippen molar-refractivity contribution in [3.63, 3.8) is 0 Å². The van der Waals surface area contributed by atoms with E-state index < -0.39 is 5.82 Å². The summed E-state index contributed by atoms with van der Waals surface area (Å²) in [5.74, 6) is -0.0344. The summed E-state index contributed by atoms with van der Waals surface area (Å²) >= 11 is 6.03. The van der Waals surface area contributed by atoms with E-state index in [0.29, 0.717) is 37.7 Å². The fourth-order valence-corrected chi connectivity index (χ4v) is 3.42. The van der Waals surface area contributed by atoms with Crippen molar-refractivity contribution in [1.82, 2.24) is 25.1 Å². The summed E-state index contributed by atoms with van der Waals surface area (Å²) in [6.07, 6.45) is 0. The average Bonchev–Trinajstić information content (AvgIpc) is 3.18. The predicted molar refractivity (Wildman–Crippen MR) is 103 cm³/mol. The fraction of sp³-hybridized carbons (Fsp3) is 0.263. The van der Waals surface area contributed by atoms with E-state index in [0.717, 1.165) is 17.3 Å². The van der Waals surface area contributed by atoms with Gasteiger partial charge in [-0.25, -0.2) is 4.39 Å². The first-order valence-corrected chi connectivity index (χ1v) is 9.25. The molecule has 3 aromatic rings. The van der Waals surface area contributed by atoms with Crippen LogP contribution in [0, 0.1) is 12.7 Å². The van der Waals surface area contributed by atoms with Crippen LogP contribution in [-0.4, -0.2) is 57.2 Å². The smallest absolute Gasteiger partial charge is 0.255 e. The Bertz CT molecular complexity index is 998. The zero-order valence-electron chi connectivity index (χ0n) is 15.2. The summed E-state index contributed by atoms with van der Waals surface area (Å²) in [7, 11) is 0. The second-order valence-electron chi connectivity index (χ2n) is 6.63. The lowest BCUT2D eigenvalue weighted by Crippen LogP contribution is -2.49. The first kappa shape index (κ1) is 18.4. The molecule has 1 aliphatic heterocycles. The van der Waals surface area contributed by atoms with E-state index in [1.807, 2.05) is 36.1 Å². The Morgan fingerprint density at radius 2 is 1.79 bits per heavy atom. The van der Waals surface area contributed by atoms with Gasteiger partial charge in [-0.3, -0.25) is 4.79 Å². The lowest BCUT2D eigenvalue weighted by molar-refractivity contribution is 0.0746. The molecule has 0 radical (unpaired) electrons. The van der Waals surface area contributed by atoms with Crippen LogP contribution in [0.1, 0.15) is 15.9 Å². The topological polar surface area (TPSA) is 67.2 Å². The molecule has 28 heavy (non-hydrogen) atoms. The van der Waals surface area contributed by atoms with Gasteiger partial charge in [-0.2, -0.15) is 4.68 Å². The van der Waals surface area contributed by atoms with Crippen LogP contribution < -0.4 is 4.90 Å². The summed E-state index contributed by atoms with van der Waals surface area (Å²) in [5, 5.41) is 12.2. The number of tetrazole rings is 1. The van der Waals surface area contributed by atoms with Crippen molar-refractivity contribution in [1.29, 1.82) is 0 Å². The number of carbonyl (C=O) groups excluding carboxylic acids is 1. The highest BCUT2D eigenvalue weighted by Crippen LogP contribution is 2.22. The summed E-state index contributed by atoms with van der Waals surface area (Å²) in [6.45, 7) is 4.17. The van der Waals surface area contributed by atoms with Crippen LogP contribution in [0.5, 0.6) is 0 Å². The second kappa shape index (κ2) is 7.55. The molecule has 0 aliphatic carbocycles. The van der Waals surface area contributed by atoms with E-state index in [2.05, 4.69) is 15.5 Å². The minimum Gasteiger partial charge on any atom is -0.336 e. The summed E-state index contributed by atoms with van der Waals surface area (Å²) in [5.41, 5.74) is 2.34. The number of halogens is 2. The molecule has 9 heteroatoms. The Kier molecular flexibility index (Phi) is 4.95. The minimum absolute atomic E-state index is 0.121. The molecule has 0 bridgehead atoms. The lowest BCUT2D eigenvalue weighted by Gasteiger charge is -2.35. The van der Waals surface area contributed by atoms with Crippen LogP contribution in [0.4, 0.5) is 10.3 Å². The predicted octanol–water partition coefficient (Wildman–Crippen LogP) is 2.73. The zero-order valence-corrected chi connectivity index (χ0v) is 16.0. The highest BCUT2D eigenvalue weighted by Gasteiger charge is 2.26. The lowest BCUT2D eigenvalue weighted by atomic mass is 10.1. The van der Waals surface area contributed by atoms with Crippen molar-refractivity contribution in [3.05, 3.63) is 64.4 Å². The highest BCUT2D eigenvalue weighted by molar-refractivity contribution is 6.33. The number of hydrogen-bond acceptors (Lipinski definition) is 5. The van der Waals surface area contributed by atoms with Crippen molar-refractivity contribution in [2.24, 2.45) is 0 Å². The number of amides is 1. The number of nitrogens with zero attached hydrogens (tertiary/aromatic N) is 6. The Hall–Kier alpha value is -3.00. The maximum Gasteiger partial charge on any atom is 0.255 e. The van der Waals surface area contributed by atoms with Gasteiger partial charge in [0.15, 0.2) is 0 Å². The van der Waals surface area contributed by atoms with E-state index in [-0.39, 0.29) is 10.9 Å². The van der Waals surface area contributed by atoms with Gasteiger partial charge in [0.05, 0.1) is 16.3 Å². The Balaban J connectivity index is 1.47. The highest BCUT2D eigenvalue weighted by atomic mass is 35.5. The quantitative estimate of drug-likeness (QED) is 0.676. The third-order valence-corrected chi connectivity index (χ3v) is 5.06. The van der Waals surface area contributed by atoms with Crippen LogP contribution in [0.2, 0.25) is 5.02 Å². The van der Waals surface area contributed by atoms with E-state index >= 15 is 0 Å². The normalized spacial score (nSPS) is 14.4. The molecule has 0 N–H and O–H groups in total. The van der Waals surface area contributed by atoms with Gasteiger partial charge in [0.1, 0.15) is 5.82 Å². The van der Waals surface area contributed by atoms with Crippen molar-refractivity contribution >= 4 is 23.5 Å². The molecule has 1 amide bonds. The van der Waals surface area contributed by atoms with Crippen LogP contribution in [0.3, 0.4) is 0 Å². The van der Waals surface area contributed by atoms with Gasteiger partial charge in [0.2, 0.25) is 5.95 Å². The van der Waals surface area contributed by atoms with Gasteiger partial charge in [-0.15, -0.1) is 0 Å². The van der Waals surface area contributed by atoms with Crippen molar-refractivity contribution in [2.45, 2.75) is 6.92 Å². The molecule has 0 saturated carbocycles. The van der Waals surface area contributed by atoms with Crippen LogP contribution in [-0.2, 0) is 0 Å². The molecule has 2 heterocycles. The monoisotopic (exact) mass is 400 g/mol. The Labute approximate surface area is 166 Å². The standard InChI is InChI=1S/C19H18ClFN6O/c1-13-2-5-15(6-3-13)27-19(22-23-24-27)26-10-8-25(9-11-26)18(28)16-7-4-14(21)12-17(16)20/h2-7,12H,8-11H2,1H3. The largest absolute Gasteiger partial charge is 0.336 e. The molecular weight excluding hydrogens is 383 g/mol. The zero-order chi connectivity index (χ0) is 19.7. The van der Waals surface area contributed by atoms with Crippen molar-refractivity contribution in [2.75, 3.05) is 31.1 Å². The molecule has 1 aliphatic rings. The molecule has 0 atom stereocenters. The van der Waals surface area contributed by atoms with Crippen LogP contribution in [0.15, 0.2) is 42.5 Å². The number of hydrogen-bond donors (Lipinski definition) is 0. The van der Waals surface area contributed by atoms with Gasteiger partial charge in [-0.1, -0.05) is 34.4 Å². The molecule has 0 spiro atoms. The average molecular weight is 401 g/mol. The fourth-order valence-electron chi connectivity index (χ4n) is 3.18. The Morgan fingerprint density at radius 1 is 1.07 bits per heavy atom. The summed E-state index contributed by atoms with van der Waals surface area (Å²) < 4.78 is 14.9. The maximum atomic E-state index is 13.2. The summed E-state index contributed by atoms with van der Waals surface area (Å²) in [4.78, 5) is 16.4. The minimum atomic E-state index is -0.464. The van der Waals surface area contributed by atoms with E-state index in [4.69, 9.17) is 11.6 Å². The van der Waals surface area contributed by atoms with E-state index in [9.17, 15) is 9.18 Å². The van der Waals surface area contributed by atoms with Crippen molar-refractivity contribution in [3.8, 4) is 5.69 Å². The maximum absolute atomic E-state index is 13.2. The molecule has 7 nitrogen and oxygen atoms in total. The number of benzene rings is 2. The van der Waals surface area contributed by atoms with Gasteiger partial charge in [0, 0.05) is 26.2 Å². The molecule has 0 unspecified atom stereocenters. The number of aromatic nitrogens is 4. The van der Waals surface area contributed by atoms with Gasteiger partial charge in [0.25, 0.3) is 5.91 Å². The Morgan fingerprint density at radius 3 is 2.46 bits per heavy atom. The van der Waals surface area contributed by atoms with E-state index in [1.165, 1.54) is 12.1 Å². The van der Waals surface area contributed by atoms with E-state index in [1.54, 1.807) is 9.58 Å². The van der Waals surface area contributed by atoms with Crippen molar-refractivity contribution < 1.29 is 9.18 Å². The molecule has 1 aromatic heterocycles. The molecule has 1 saturated heterocycles. The van der Waals surface area contributed by atoms with Gasteiger partial charge < -0.3 is 9.80 Å². The third kappa shape index (κ3) is 3.55. The number of carbonyl (C=O) groups is 1. The SMILES string of the molecule is Cc1ccc(-n2nnnc2N2CCN(C(=O)c3ccc(F)cc3Cl)CC2)cc1. The number of rotatable bonds is 3. The molecule has 2 aromatic carbocycles. The van der Waals surface area contributed by atoms with Gasteiger partial charge in [-0.05, 0) is 47.7 Å². The number of anilines is 1. The molecule has 4 rings (SSSR count). The molecular formula is C19H18ClFN6O. The molecule has 1 fully saturated rings. The van der Waals surface area contributed by atoms with Gasteiger partial charge >= 0.3 is 0 Å². The third-order valence-electron chi connectivity index (χ3n) is 4.74. The first-order valence-electron chi connectivity index (χ1n) is 8.87. The summed E-state index contributed by atoms with van der Waals surface area (Å²) in [6, 6.07) is 11.8. The number of aryl methyl sites for hydroxylation is 1. The van der Waals surface area contributed by atoms with Crippen LogP contribution in [0.25, 0.3) is 5.69 Å².